The molecule has 2 unspecified atom stereocenters. The maximum absolute atomic E-state index is 5.90. The van der Waals surface area contributed by atoms with Gasteiger partial charge in [-0.2, -0.15) is 0 Å². The number of hydrogen-bond donors (Lipinski definition) is 0. The van der Waals surface area contributed by atoms with Gasteiger partial charge in [0.15, 0.2) is 24.1 Å². The number of hydrogen-bond acceptors (Lipinski definition) is 6. The van der Waals surface area contributed by atoms with Crippen LogP contribution in [0.25, 0.3) is 6.08 Å². The van der Waals surface area contributed by atoms with E-state index in [1.54, 1.807) is 6.08 Å². The van der Waals surface area contributed by atoms with Gasteiger partial charge in [0.25, 0.3) is 0 Å². The molecule has 0 bridgehead atoms. The van der Waals surface area contributed by atoms with Gasteiger partial charge in [0.1, 0.15) is 13.2 Å². The molecule has 2 aliphatic heterocycles. The van der Waals surface area contributed by atoms with Crippen molar-refractivity contribution in [1.29, 1.82) is 0 Å². The van der Waals surface area contributed by atoms with Crippen LogP contribution in [0.1, 0.15) is 44.1 Å². The van der Waals surface area contributed by atoms with Crippen molar-refractivity contribution in [3.8, 4) is 11.5 Å². The van der Waals surface area contributed by atoms with E-state index >= 15 is 0 Å². The van der Waals surface area contributed by atoms with Crippen LogP contribution in [-0.2, 0) is 18.9 Å². The minimum atomic E-state index is -0.105. The quantitative estimate of drug-likeness (QED) is 0.527. The van der Waals surface area contributed by atoms with E-state index in [1.807, 2.05) is 18.2 Å². The average Bonchev–Trinajstić information content (AvgIpc) is 2.76. The first-order valence-electron chi connectivity index (χ1n) is 10.3. The van der Waals surface area contributed by atoms with Crippen LogP contribution < -0.4 is 9.47 Å². The SMILES string of the molecule is C=Cc1ccc(OCCOC2CCCCO2)c(OCCOC2CCCCO2)c1. The first kappa shape index (κ1) is 21.1. The minimum Gasteiger partial charge on any atom is -0.487 e. The normalized spacial score (nSPS) is 22.6. The Balaban J connectivity index is 1.41. The molecule has 3 rings (SSSR count). The number of benzene rings is 1. The molecule has 2 atom stereocenters. The largest absolute Gasteiger partial charge is 0.487 e. The van der Waals surface area contributed by atoms with Gasteiger partial charge in [-0.25, -0.2) is 0 Å². The Kier molecular flexibility index (Phi) is 9.10. The highest BCUT2D eigenvalue weighted by atomic mass is 16.7. The van der Waals surface area contributed by atoms with Crippen molar-refractivity contribution in [2.45, 2.75) is 51.1 Å². The van der Waals surface area contributed by atoms with Crippen molar-refractivity contribution in [2.75, 3.05) is 39.6 Å². The van der Waals surface area contributed by atoms with Gasteiger partial charge in [-0.05, 0) is 56.2 Å². The monoisotopic (exact) mass is 392 g/mol. The first-order chi connectivity index (χ1) is 13.8. The fourth-order valence-electron chi connectivity index (χ4n) is 3.23. The lowest BCUT2D eigenvalue weighted by Gasteiger charge is -2.23. The highest BCUT2D eigenvalue weighted by molar-refractivity contribution is 5.54. The average molecular weight is 392 g/mol. The highest BCUT2D eigenvalue weighted by Crippen LogP contribution is 2.29. The molecule has 0 N–H and O–H groups in total. The summed E-state index contributed by atoms with van der Waals surface area (Å²) in [4.78, 5) is 0. The molecule has 0 radical (unpaired) electrons. The maximum Gasteiger partial charge on any atom is 0.161 e. The van der Waals surface area contributed by atoms with Crippen molar-refractivity contribution < 1.29 is 28.4 Å². The molecule has 6 heteroatoms. The Labute approximate surface area is 167 Å². The predicted molar refractivity (Wildman–Crippen MR) is 107 cm³/mol. The lowest BCUT2D eigenvalue weighted by Crippen LogP contribution is -2.24. The Bertz CT molecular complexity index is 578. The Morgan fingerprint density at radius 3 is 1.96 bits per heavy atom. The third-order valence-electron chi connectivity index (χ3n) is 4.77. The molecule has 0 saturated carbocycles. The lowest BCUT2D eigenvalue weighted by molar-refractivity contribution is -0.166. The van der Waals surface area contributed by atoms with Crippen molar-refractivity contribution in [3.63, 3.8) is 0 Å². The van der Waals surface area contributed by atoms with E-state index in [4.69, 9.17) is 28.4 Å². The van der Waals surface area contributed by atoms with Gasteiger partial charge in [-0.15, -0.1) is 0 Å². The molecule has 156 valence electrons. The van der Waals surface area contributed by atoms with E-state index in [0.717, 1.165) is 57.3 Å². The predicted octanol–water partition coefficient (Wildman–Crippen LogP) is 4.17. The van der Waals surface area contributed by atoms with Crippen LogP contribution in [0.4, 0.5) is 0 Å². The van der Waals surface area contributed by atoms with E-state index < -0.39 is 0 Å². The van der Waals surface area contributed by atoms with Gasteiger partial charge in [0, 0.05) is 13.2 Å². The van der Waals surface area contributed by atoms with Crippen molar-refractivity contribution >= 4 is 6.08 Å². The molecule has 2 aliphatic rings. The van der Waals surface area contributed by atoms with Crippen molar-refractivity contribution in [2.24, 2.45) is 0 Å². The summed E-state index contributed by atoms with van der Waals surface area (Å²) in [5, 5.41) is 0. The molecular formula is C22H32O6. The van der Waals surface area contributed by atoms with Gasteiger partial charge in [-0.1, -0.05) is 18.7 Å². The standard InChI is InChI=1S/C22H32O6/c1-2-18-9-10-19(23-13-15-27-21-7-3-5-11-25-21)20(17-18)24-14-16-28-22-8-4-6-12-26-22/h2,9-10,17,21-22H,1,3-8,11-16H2. The van der Waals surface area contributed by atoms with Gasteiger partial charge in [0.2, 0.25) is 0 Å². The molecule has 0 amide bonds. The lowest BCUT2D eigenvalue weighted by atomic mass is 10.2. The van der Waals surface area contributed by atoms with Crippen LogP contribution in [0.5, 0.6) is 11.5 Å². The first-order valence-corrected chi connectivity index (χ1v) is 10.3. The second-order valence-corrected chi connectivity index (χ2v) is 6.94. The fourth-order valence-corrected chi connectivity index (χ4v) is 3.23. The Morgan fingerprint density at radius 1 is 0.821 bits per heavy atom. The molecular weight excluding hydrogens is 360 g/mol. The van der Waals surface area contributed by atoms with Gasteiger partial charge < -0.3 is 28.4 Å². The second kappa shape index (κ2) is 12.1. The summed E-state index contributed by atoms with van der Waals surface area (Å²) in [5.41, 5.74) is 0.978. The summed E-state index contributed by atoms with van der Waals surface area (Å²) < 4.78 is 34.3. The van der Waals surface area contributed by atoms with E-state index in [2.05, 4.69) is 6.58 Å². The van der Waals surface area contributed by atoms with Crippen LogP contribution in [0.2, 0.25) is 0 Å². The summed E-state index contributed by atoms with van der Waals surface area (Å²) in [7, 11) is 0. The molecule has 0 aliphatic carbocycles. The number of rotatable bonds is 11. The molecule has 6 nitrogen and oxygen atoms in total. The zero-order valence-corrected chi connectivity index (χ0v) is 16.6. The summed E-state index contributed by atoms with van der Waals surface area (Å²) >= 11 is 0. The Morgan fingerprint density at radius 2 is 1.43 bits per heavy atom. The summed E-state index contributed by atoms with van der Waals surface area (Å²) in [6, 6.07) is 5.77. The molecule has 2 heterocycles. The van der Waals surface area contributed by atoms with Gasteiger partial charge in [-0.3, -0.25) is 0 Å². The third-order valence-corrected chi connectivity index (χ3v) is 4.77. The molecule has 1 aromatic carbocycles. The molecule has 0 aromatic heterocycles. The van der Waals surface area contributed by atoms with Crippen molar-refractivity contribution in [1.82, 2.24) is 0 Å². The van der Waals surface area contributed by atoms with Crippen LogP contribution in [-0.4, -0.2) is 52.2 Å². The van der Waals surface area contributed by atoms with E-state index in [9.17, 15) is 0 Å². The van der Waals surface area contributed by atoms with Crippen LogP contribution in [0.3, 0.4) is 0 Å². The second-order valence-electron chi connectivity index (χ2n) is 6.94. The minimum absolute atomic E-state index is 0.102. The van der Waals surface area contributed by atoms with Crippen molar-refractivity contribution in [3.05, 3.63) is 30.3 Å². The zero-order valence-electron chi connectivity index (χ0n) is 16.6. The summed E-state index contributed by atoms with van der Waals surface area (Å²) in [6.07, 6.45) is 8.01. The Hall–Kier alpha value is -1.60. The maximum atomic E-state index is 5.90. The molecule has 2 fully saturated rings. The molecule has 1 aromatic rings. The molecule has 2 saturated heterocycles. The summed E-state index contributed by atoms with van der Waals surface area (Å²) in [5.74, 6) is 1.37. The highest BCUT2D eigenvalue weighted by Gasteiger charge is 2.15. The van der Waals surface area contributed by atoms with E-state index in [1.165, 1.54) is 0 Å². The summed E-state index contributed by atoms with van der Waals surface area (Å²) in [6.45, 7) is 7.20. The fraction of sp³-hybridized carbons (Fsp3) is 0.636. The van der Waals surface area contributed by atoms with Gasteiger partial charge in [0.05, 0.1) is 13.2 Å². The van der Waals surface area contributed by atoms with E-state index in [0.29, 0.717) is 37.9 Å². The van der Waals surface area contributed by atoms with Crippen LogP contribution in [0.15, 0.2) is 24.8 Å². The zero-order chi connectivity index (χ0) is 19.4. The number of ether oxygens (including phenoxy) is 6. The molecule has 0 spiro atoms. The van der Waals surface area contributed by atoms with Gasteiger partial charge >= 0.3 is 0 Å². The topological polar surface area (TPSA) is 55.4 Å². The third kappa shape index (κ3) is 7.09. The smallest absolute Gasteiger partial charge is 0.161 e. The van der Waals surface area contributed by atoms with Crippen LogP contribution in [0, 0.1) is 0 Å². The van der Waals surface area contributed by atoms with E-state index in [-0.39, 0.29) is 12.6 Å². The molecule has 28 heavy (non-hydrogen) atoms. The van der Waals surface area contributed by atoms with Crippen LogP contribution >= 0.6 is 0 Å².